The van der Waals surface area contributed by atoms with Crippen LogP contribution in [-0.4, -0.2) is 54.0 Å². The monoisotopic (exact) mass is 405 g/mol. The van der Waals surface area contributed by atoms with E-state index in [4.69, 9.17) is 4.74 Å². The van der Waals surface area contributed by atoms with E-state index < -0.39 is 0 Å². The summed E-state index contributed by atoms with van der Waals surface area (Å²) < 4.78 is 7.05. The fraction of sp³-hybridized carbons (Fsp3) is 0.304. The predicted molar refractivity (Wildman–Crippen MR) is 117 cm³/mol. The molecule has 1 aliphatic heterocycles. The van der Waals surface area contributed by atoms with E-state index in [1.165, 1.54) is 0 Å². The number of aromatic nitrogens is 2. The largest absolute Gasteiger partial charge is 0.497 e. The van der Waals surface area contributed by atoms with Crippen molar-refractivity contribution in [3.63, 3.8) is 0 Å². The molecule has 1 aromatic heterocycles. The third-order valence-corrected chi connectivity index (χ3v) is 5.34. The first-order chi connectivity index (χ1) is 14.7. The second-order valence-corrected chi connectivity index (χ2v) is 7.30. The summed E-state index contributed by atoms with van der Waals surface area (Å²) in [5.74, 6) is 0.853. The molecule has 4 rings (SSSR count). The van der Waals surface area contributed by atoms with Crippen molar-refractivity contribution in [2.75, 3.05) is 38.2 Å². The van der Waals surface area contributed by atoms with Gasteiger partial charge in [-0.2, -0.15) is 5.10 Å². The number of hydrogen-bond acceptors (Lipinski definition) is 4. The van der Waals surface area contributed by atoms with Crippen LogP contribution in [0.4, 0.5) is 10.5 Å². The van der Waals surface area contributed by atoms with Gasteiger partial charge in [-0.15, -0.1) is 0 Å². The number of carbonyl (C=O) groups excluding carboxylic acids is 1. The Morgan fingerprint density at radius 1 is 1.03 bits per heavy atom. The van der Waals surface area contributed by atoms with Crippen molar-refractivity contribution in [3.8, 4) is 11.4 Å². The van der Waals surface area contributed by atoms with E-state index in [1.807, 2.05) is 58.2 Å². The van der Waals surface area contributed by atoms with Crippen LogP contribution in [0.25, 0.3) is 5.69 Å². The van der Waals surface area contributed by atoms with Gasteiger partial charge in [0, 0.05) is 50.8 Å². The van der Waals surface area contributed by atoms with E-state index in [-0.39, 0.29) is 6.03 Å². The smallest absolute Gasteiger partial charge is 0.317 e. The summed E-state index contributed by atoms with van der Waals surface area (Å²) in [6.07, 6.45) is 4.60. The lowest BCUT2D eigenvalue weighted by molar-refractivity contribution is 0.201. The third kappa shape index (κ3) is 4.74. The molecule has 2 aromatic carbocycles. The lowest BCUT2D eigenvalue weighted by atomic mass is 10.2. The molecular formula is C23H27N5O2. The van der Waals surface area contributed by atoms with Crippen molar-refractivity contribution < 1.29 is 9.53 Å². The molecule has 30 heavy (non-hydrogen) atoms. The maximum atomic E-state index is 12.7. The van der Waals surface area contributed by atoms with Gasteiger partial charge in [-0.25, -0.2) is 9.48 Å². The molecular weight excluding hydrogens is 378 g/mol. The van der Waals surface area contributed by atoms with Crippen molar-refractivity contribution in [3.05, 3.63) is 72.6 Å². The average Bonchev–Trinajstić information content (AvgIpc) is 3.22. The summed E-state index contributed by atoms with van der Waals surface area (Å²) in [7, 11) is 1.67. The zero-order valence-corrected chi connectivity index (χ0v) is 17.2. The molecule has 2 amide bonds. The van der Waals surface area contributed by atoms with Gasteiger partial charge in [-0.3, -0.25) is 0 Å². The van der Waals surface area contributed by atoms with Crippen molar-refractivity contribution in [2.24, 2.45) is 0 Å². The van der Waals surface area contributed by atoms with Crippen molar-refractivity contribution in [2.45, 2.75) is 13.0 Å². The highest BCUT2D eigenvalue weighted by molar-refractivity contribution is 5.74. The predicted octanol–water partition coefficient (Wildman–Crippen LogP) is 3.30. The number of hydrogen-bond donors (Lipinski definition) is 1. The van der Waals surface area contributed by atoms with E-state index in [2.05, 4.69) is 27.4 Å². The van der Waals surface area contributed by atoms with Crippen LogP contribution in [0.5, 0.6) is 5.75 Å². The number of methoxy groups -OCH3 is 1. The van der Waals surface area contributed by atoms with E-state index >= 15 is 0 Å². The number of rotatable bonds is 5. The van der Waals surface area contributed by atoms with Crippen LogP contribution in [0, 0.1) is 0 Å². The van der Waals surface area contributed by atoms with Gasteiger partial charge in [-0.05, 0) is 54.4 Å². The number of ether oxygens (including phenoxy) is 1. The lowest BCUT2D eigenvalue weighted by Gasteiger charge is -2.24. The Labute approximate surface area is 176 Å². The molecule has 0 bridgehead atoms. The van der Waals surface area contributed by atoms with Gasteiger partial charge in [-0.1, -0.05) is 12.1 Å². The molecule has 156 valence electrons. The molecule has 1 N–H and O–H groups in total. The topological polar surface area (TPSA) is 62.6 Å². The van der Waals surface area contributed by atoms with Gasteiger partial charge in [0.15, 0.2) is 0 Å². The number of urea groups is 1. The average molecular weight is 406 g/mol. The third-order valence-electron chi connectivity index (χ3n) is 5.34. The number of amides is 2. The van der Waals surface area contributed by atoms with Crippen LogP contribution < -0.4 is 15.0 Å². The minimum Gasteiger partial charge on any atom is -0.497 e. The molecule has 3 aromatic rings. The van der Waals surface area contributed by atoms with Crippen LogP contribution >= 0.6 is 0 Å². The van der Waals surface area contributed by atoms with Gasteiger partial charge < -0.3 is 19.9 Å². The van der Waals surface area contributed by atoms with Crippen LogP contribution in [0.2, 0.25) is 0 Å². The Hall–Kier alpha value is -3.48. The number of anilines is 1. The highest BCUT2D eigenvalue weighted by atomic mass is 16.5. The molecule has 0 saturated carbocycles. The van der Waals surface area contributed by atoms with Gasteiger partial charge in [0.05, 0.1) is 12.8 Å². The Kier molecular flexibility index (Phi) is 6.17. The molecule has 7 heteroatoms. The maximum Gasteiger partial charge on any atom is 0.317 e. The van der Waals surface area contributed by atoms with Crippen molar-refractivity contribution >= 4 is 11.7 Å². The molecule has 0 spiro atoms. The summed E-state index contributed by atoms with van der Waals surface area (Å²) in [5.41, 5.74) is 3.19. The van der Waals surface area contributed by atoms with E-state index in [0.717, 1.165) is 48.7 Å². The number of nitrogens with one attached hydrogen (secondary N) is 1. The highest BCUT2D eigenvalue weighted by Crippen LogP contribution is 2.20. The summed E-state index contributed by atoms with van der Waals surface area (Å²) >= 11 is 0. The van der Waals surface area contributed by atoms with E-state index in [0.29, 0.717) is 13.1 Å². The summed E-state index contributed by atoms with van der Waals surface area (Å²) in [4.78, 5) is 17.0. The van der Waals surface area contributed by atoms with Crippen LogP contribution in [-0.2, 0) is 6.54 Å². The SMILES string of the molecule is COc1ccc(N2CCCN(C(=O)NCc3cccc(-n4cccn4)c3)CC2)cc1. The highest BCUT2D eigenvalue weighted by Gasteiger charge is 2.19. The van der Waals surface area contributed by atoms with Gasteiger partial charge >= 0.3 is 6.03 Å². The first kappa shape index (κ1) is 19.8. The van der Waals surface area contributed by atoms with Crippen LogP contribution in [0.3, 0.4) is 0 Å². The molecule has 1 saturated heterocycles. The van der Waals surface area contributed by atoms with E-state index in [1.54, 1.807) is 13.3 Å². The molecule has 0 aliphatic carbocycles. The summed E-state index contributed by atoms with van der Waals surface area (Å²) in [6.45, 7) is 3.69. The molecule has 0 atom stereocenters. The van der Waals surface area contributed by atoms with Crippen molar-refractivity contribution in [1.82, 2.24) is 20.0 Å². The van der Waals surface area contributed by atoms with Gasteiger partial charge in [0.25, 0.3) is 0 Å². The Morgan fingerprint density at radius 2 is 1.90 bits per heavy atom. The van der Waals surface area contributed by atoms with Gasteiger partial charge in [0.1, 0.15) is 5.75 Å². The zero-order valence-electron chi connectivity index (χ0n) is 17.2. The normalized spacial score (nSPS) is 14.3. The summed E-state index contributed by atoms with van der Waals surface area (Å²) in [6, 6.07) is 18.0. The first-order valence-corrected chi connectivity index (χ1v) is 10.2. The van der Waals surface area contributed by atoms with E-state index in [9.17, 15) is 4.79 Å². The Balaban J connectivity index is 1.31. The second-order valence-electron chi connectivity index (χ2n) is 7.30. The lowest BCUT2D eigenvalue weighted by Crippen LogP contribution is -2.41. The van der Waals surface area contributed by atoms with Crippen LogP contribution in [0.1, 0.15) is 12.0 Å². The molecule has 2 heterocycles. The number of nitrogens with zero attached hydrogens (tertiary/aromatic N) is 4. The number of carbonyl (C=O) groups is 1. The standard InChI is InChI=1S/C23H27N5O2/c1-30-22-9-7-20(8-10-22)26-12-4-13-27(16-15-26)23(29)24-18-19-5-2-6-21(17-19)28-14-3-11-25-28/h2-3,5-11,14,17H,4,12-13,15-16,18H2,1H3,(H,24,29). The molecule has 7 nitrogen and oxygen atoms in total. The zero-order chi connectivity index (χ0) is 20.8. The second kappa shape index (κ2) is 9.35. The minimum atomic E-state index is -0.0175. The molecule has 1 aliphatic rings. The van der Waals surface area contributed by atoms with Crippen LogP contribution in [0.15, 0.2) is 67.0 Å². The molecule has 1 fully saturated rings. The maximum absolute atomic E-state index is 12.7. The quantitative estimate of drug-likeness (QED) is 0.708. The molecule has 0 unspecified atom stereocenters. The number of benzene rings is 2. The minimum absolute atomic E-state index is 0.0175. The van der Waals surface area contributed by atoms with Crippen molar-refractivity contribution in [1.29, 1.82) is 0 Å². The fourth-order valence-corrected chi connectivity index (χ4v) is 3.69. The Morgan fingerprint density at radius 3 is 2.67 bits per heavy atom. The summed E-state index contributed by atoms with van der Waals surface area (Å²) in [5, 5.41) is 7.32. The molecule has 0 radical (unpaired) electrons. The first-order valence-electron chi connectivity index (χ1n) is 10.2. The van der Waals surface area contributed by atoms with Gasteiger partial charge in [0.2, 0.25) is 0 Å². The Bertz CT molecular complexity index is 956. The fourth-order valence-electron chi connectivity index (χ4n) is 3.69.